The largest absolute Gasteiger partial charge is 0.393 e. The van der Waals surface area contributed by atoms with E-state index in [0.29, 0.717) is 6.42 Å². The van der Waals surface area contributed by atoms with Crippen molar-refractivity contribution in [1.82, 2.24) is 10.5 Å². The van der Waals surface area contributed by atoms with E-state index in [4.69, 9.17) is 4.52 Å². The van der Waals surface area contributed by atoms with Gasteiger partial charge in [-0.15, -0.1) is 0 Å². The Kier molecular flexibility index (Phi) is 4.81. The molecule has 0 radical (unpaired) electrons. The molecule has 1 amide bonds. The number of nitrogens with one attached hydrogen (secondary N) is 1. The molecule has 1 heterocycles. The lowest BCUT2D eigenvalue weighted by Gasteiger charge is -2.26. The fraction of sp³-hybridized carbons (Fsp3) is 0.733. The van der Waals surface area contributed by atoms with E-state index in [0.717, 1.165) is 42.7 Å². The van der Waals surface area contributed by atoms with Crippen LogP contribution in [0.4, 0.5) is 0 Å². The summed E-state index contributed by atoms with van der Waals surface area (Å²) < 4.78 is 5.15. The van der Waals surface area contributed by atoms with Gasteiger partial charge < -0.3 is 14.9 Å². The molecule has 1 aliphatic carbocycles. The van der Waals surface area contributed by atoms with Gasteiger partial charge in [-0.3, -0.25) is 4.79 Å². The van der Waals surface area contributed by atoms with Gasteiger partial charge in [-0.05, 0) is 45.4 Å². The van der Waals surface area contributed by atoms with E-state index in [-0.39, 0.29) is 24.0 Å². The van der Waals surface area contributed by atoms with Crippen molar-refractivity contribution in [2.24, 2.45) is 0 Å². The lowest BCUT2D eigenvalue weighted by molar-refractivity contribution is -0.122. The fourth-order valence-electron chi connectivity index (χ4n) is 3.08. The Hall–Kier alpha value is -1.36. The Balaban J connectivity index is 1.85. The van der Waals surface area contributed by atoms with Crippen LogP contribution in [0.25, 0.3) is 0 Å². The van der Waals surface area contributed by atoms with Crippen LogP contribution in [0.1, 0.15) is 62.0 Å². The zero-order valence-corrected chi connectivity index (χ0v) is 12.5. The minimum Gasteiger partial charge on any atom is -0.393 e. The monoisotopic (exact) mass is 280 g/mol. The van der Waals surface area contributed by atoms with E-state index in [9.17, 15) is 9.90 Å². The highest BCUT2D eigenvalue weighted by Gasteiger charge is 2.23. The summed E-state index contributed by atoms with van der Waals surface area (Å²) in [5.41, 5.74) is 1.91. The first-order chi connectivity index (χ1) is 9.47. The van der Waals surface area contributed by atoms with E-state index in [1.165, 1.54) is 0 Å². The van der Waals surface area contributed by atoms with Crippen LogP contribution >= 0.6 is 0 Å². The highest BCUT2D eigenvalue weighted by Crippen LogP contribution is 2.26. The first-order valence-electron chi connectivity index (χ1n) is 7.37. The van der Waals surface area contributed by atoms with E-state index in [1.807, 2.05) is 20.8 Å². The summed E-state index contributed by atoms with van der Waals surface area (Å²) in [6.45, 7) is 5.81. The zero-order valence-electron chi connectivity index (χ0n) is 12.5. The summed E-state index contributed by atoms with van der Waals surface area (Å²) in [4.78, 5) is 12.1. The molecular weight excluding hydrogens is 256 g/mol. The maximum Gasteiger partial charge on any atom is 0.220 e. The van der Waals surface area contributed by atoms with Gasteiger partial charge in [0.05, 0.1) is 11.8 Å². The van der Waals surface area contributed by atoms with Crippen molar-refractivity contribution in [1.29, 1.82) is 0 Å². The van der Waals surface area contributed by atoms with Crippen molar-refractivity contribution in [3.63, 3.8) is 0 Å². The molecule has 112 valence electrons. The predicted molar refractivity (Wildman–Crippen MR) is 75.4 cm³/mol. The number of nitrogens with zero attached hydrogens (tertiary/aromatic N) is 1. The topological polar surface area (TPSA) is 75.4 Å². The third kappa shape index (κ3) is 3.60. The van der Waals surface area contributed by atoms with Gasteiger partial charge in [-0.2, -0.15) is 0 Å². The van der Waals surface area contributed by atoms with Crippen LogP contribution in [0, 0.1) is 13.8 Å². The third-order valence-electron chi connectivity index (χ3n) is 4.13. The number of hydrogen-bond donors (Lipinski definition) is 2. The number of rotatable bonds is 4. The average molecular weight is 280 g/mol. The number of aryl methyl sites for hydroxylation is 2. The molecule has 0 bridgehead atoms. The Morgan fingerprint density at radius 1 is 1.40 bits per heavy atom. The molecule has 0 aliphatic heterocycles. The molecule has 1 aromatic rings. The summed E-state index contributed by atoms with van der Waals surface area (Å²) in [5.74, 6) is 0.970. The quantitative estimate of drug-likeness (QED) is 0.886. The Morgan fingerprint density at radius 3 is 2.60 bits per heavy atom. The SMILES string of the molecule is Cc1noc(C)c1C(C)CC(=O)NC1CCC(O)CC1. The van der Waals surface area contributed by atoms with Crippen LogP contribution in [0.5, 0.6) is 0 Å². The summed E-state index contributed by atoms with van der Waals surface area (Å²) in [6.07, 6.45) is 3.56. The molecule has 1 fully saturated rings. The second-order valence-electron chi connectivity index (χ2n) is 5.92. The third-order valence-corrected chi connectivity index (χ3v) is 4.13. The van der Waals surface area contributed by atoms with Crippen molar-refractivity contribution < 1.29 is 14.4 Å². The van der Waals surface area contributed by atoms with Crippen molar-refractivity contribution in [2.45, 2.75) is 70.9 Å². The van der Waals surface area contributed by atoms with Gasteiger partial charge in [-0.1, -0.05) is 12.1 Å². The molecule has 0 saturated heterocycles. The molecule has 20 heavy (non-hydrogen) atoms. The van der Waals surface area contributed by atoms with Crippen LogP contribution in [-0.2, 0) is 4.79 Å². The van der Waals surface area contributed by atoms with Gasteiger partial charge in [0.1, 0.15) is 5.76 Å². The highest BCUT2D eigenvalue weighted by molar-refractivity contribution is 5.77. The lowest BCUT2D eigenvalue weighted by Crippen LogP contribution is -2.38. The van der Waals surface area contributed by atoms with E-state index in [1.54, 1.807) is 0 Å². The molecule has 1 aliphatic rings. The minimum absolute atomic E-state index is 0.0684. The first kappa shape index (κ1) is 15.0. The molecule has 2 rings (SSSR count). The number of aromatic nitrogens is 1. The highest BCUT2D eigenvalue weighted by atomic mass is 16.5. The van der Waals surface area contributed by atoms with E-state index >= 15 is 0 Å². The molecule has 5 nitrogen and oxygen atoms in total. The van der Waals surface area contributed by atoms with Crippen LogP contribution in [0.3, 0.4) is 0 Å². The van der Waals surface area contributed by atoms with Crippen LogP contribution in [0.2, 0.25) is 0 Å². The zero-order chi connectivity index (χ0) is 14.7. The number of amides is 1. The molecule has 0 aromatic carbocycles. The number of carbonyl (C=O) groups excluding carboxylic acids is 1. The van der Waals surface area contributed by atoms with Crippen molar-refractivity contribution >= 4 is 5.91 Å². The lowest BCUT2D eigenvalue weighted by atomic mass is 9.92. The molecule has 2 N–H and O–H groups in total. The maximum absolute atomic E-state index is 12.1. The summed E-state index contributed by atoms with van der Waals surface area (Å²) >= 11 is 0. The Morgan fingerprint density at radius 2 is 2.05 bits per heavy atom. The summed E-state index contributed by atoms with van der Waals surface area (Å²) in [7, 11) is 0. The number of hydrogen-bond acceptors (Lipinski definition) is 4. The Bertz CT molecular complexity index is 442. The smallest absolute Gasteiger partial charge is 0.220 e. The summed E-state index contributed by atoms with van der Waals surface area (Å²) in [5, 5.41) is 16.5. The van der Waals surface area contributed by atoms with Crippen molar-refractivity contribution in [3.8, 4) is 0 Å². The second kappa shape index (κ2) is 6.39. The number of aliphatic hydroxyl groups is 1. The number of carbonyl (C=O) groups is 1. The van der Waals surface area contributed by atoms with Crippen LogP contribution in [0.15, 0.2) is 4.52 Å². The van der Waals surface area contributed by atoms with Crippen LogP contribution in [-0.4, -0.2) is 28.3 Å². The fourth-order valence-corrected chi connectivity index (χ4v) is 3.08. The van der Waals surface area contributed by atoms with Gasteiger partial charge in [0.2, 0.25) is 5.91 Å². The minimum atomic E-state index is -0.190. The summed E-state index contributed by atoms with van der Waals surface area (Å²) in [6, 6.07) is 0.211. The Labute approximate surface area is 119 Å². The molecule has 1 unspecified atom stereocenters. The molecule has 1 aromatic heterocycles. The van der Waals surface area contributed by atoms with Crippen molar-refractivity contribution in [3.05, 3.63) is 17.0 Å². The number of aliphatic hydroxyl groups excluding tert-OH is 1. The normalized spacial score (nSPS) is 24.4. The standard InChI is InChI=1S/C15H24N2O3/c1-9(15-10(2)17-20-11(15)3)8-14(19)16-12-4-6-13(18)7-5-12/h9,12-13,18H,4-8H2,1-3H3,(H,16,19). The van der Waals surface area contributed by atoms with Gasteiger partial charge in [0.25, 0.3) is 0 Å². The van der Waals surface area contributed by atoms with Gasteiger partial charge in [0.15, 0.2) is 0 Å². The predicted octanol–water partition coefficient (Wildman–Crippen LogP) is 2.20. The van der Waals surface area contributed by atoms with Gasteiger partial charge in [0, 0.05) is 18.0 Å². The maximum atomic E-state index is 12.1. The molecule has 0 spiro atoms. The molecule has 1 atom stereocenters. The van der Waals surface area contributed by atoms with Gasteiger partial charge >= 0.3 is 0 Å². The molecular formula is C15H24N2O3. The molecule has 5 heteroatoms. The van der Waals surface area contributed by atoms with Crippen molar-refractivity contribution in [2.75, 3.05) is 0 Å². The van der Waals surface area contributed by atoms with E-state index in [2.05, 4.69) is 10.5 Å². The van der Waals surface area contributed by atoms with E-state index < -0.39 is 0 Å². The van der Waals surface area contributed by atoms with Gasteiger partial charge in [-0.25, -0.2) is 0 Å². The second-order valence-corrected chi connectivity index (χ2v) is 5.92. The first-order valence-corrected chi connectivity index (χ1v) is 7.37. The molecule has 1 saturated carbocycles. The van der Waals surface area contributed by atoms with Crippen LogP contribution < -0.4 is 5.32 Å². The average Bonchev–Trinajstić information content (AvgIpc) is 2.72.